The summed E-state index contributed by atoms with van der Waals surface area (Å²) in [7, 11) is 0. The third-order valence-electron chi connectivity index (χ3n) is 2.49. The Labute approximate surface area is 87.2 Å². The van der Waals surface area contributed by atoms with Crippen LogP contribution < -0.4 is 0 Å². The summed E-state index contributed by atoms with van der Waals surface area (Å²) in [6, 6.07) is 7.00. The number of benzene rings is 1. The molecule has 0 fully saturated rings. The monoisotopic (exact) mass is 204 g/mol. The lowest BCUT2D eigenvalue weighted by molar-refractivity contribution is -0.140. The molecule has 0 aliphatic heterocycles. The van der Waals surface area contributed by atoms with Crippen molar-refractivity contribution in [1.82, 2.24) is 9.55 Å². The highest BCUT2D eigenvalue weighted by molar-refractivity contribution is 5.79. The molecule has 1 aromatic heterocycles. The number of hydrogen-bond acceptors (Lipinski definition) is 2. The molecule has 0 aliphatic rings. The number of para-hydroxylation sites is 2. The minimum Gasteiger partial charge on any atom is -0.480 e. The van der Waals surface area contributed by atoms with E-state index in [9.17, 15) is 4.79 Å². The largest absolute Gasteiger partial charge is 0.480 e. The van der Waals surface area contributed by atoms with E-state index in [-0.39, 0.29) is 0 Å². The summed E-state index contributed by atoms with van der Waals surface area (Å²) in [4.78, 5) is 15.2. The molecule has 0 amide bonds. The minimum atomic E-state index is -0.819. The van der Waals surface area contributed by atoms with E-state index in [1.807, 2.05) is 31.2 Å². The van der Waals surface area contributed by atoms with Crippen molar-refractivity contribution in [2.45, 2.75) is 19.4 Å². The van der Waals surface area contributed by atoms with Gasteiger partial charge in [0.05, 0.1) is 17.4 Å². The molecule has 2 rings (SSSR count). The summed E-state index contributed by atoms with van der Waals surface area (Å²) in [5.74, 6) is -0.819. The smallest absolute Gasteiger partial charge is 0.326 e. The maximum absolute atomic E-state index is 11.0. The van der Waals surface area contributed by atoms with Crippen molar-refractivity contribution in [3.05, 3.63) is 30.6 Å². The Morgan fingerprint density at radius 1 is 1.53 bits per heavy atom. The fourth-order valence-corrected chi connectivity index (χ4v) is 1.72. The van der Waals surface area contributed by atoms with Gasteiger partial charge in [-0.1, -0.05) is 19.1 Å². The molecule has 78 valence electrons. The predicted molar refractivity (Wildman–Crippen MR) is 56.7 cm³/mol. The van der Waals surface area contributed by atoms with Crippen molar-refractivity contribution < 1.29 is 9.90 Å². The van der Waals surface area contributed by atoms with Gasteiger partial charge in [0.2, 0.25) is 0 Å². The first-order valence-corrected chi connectivity index (χ1v) is 4.88. The lowest BCUT2D eigenvalue weighted by atomic mass is 10.2. The number of carbonyl (C=O) groups is 1. The molecule has 0 saturated carbocycles. The molecule has 1 N–H and O–H groups in total. The number of aromatic nitrogens is 2. The second kappa shape index (κ2) is 3.73. The van der Waals surface area contributed by atoms with Gasteiger partial charge in [-0.2, -0.15) is 0 Å². The van der Waals surface area contributed by atoms with Gasteiger partial charge >= 0.3 is 5.97 Å². The normalized spacial score (nSPS) is 12.9. The van der Waals surface area contributed by atoms with E-state index < -0.39 is 12.0 Å². The van der Waals surface area contributed by atoms with Crippen molar-refractivity contribution >= 4 is 17.0 Å². The summed E-state index contributed by atoms with van der Waals surface area (Å²) < 4.78 is 1.71. The zero-order chi connectivity index (χ0) is 10.8. The number of carboxylic acid groups (broad SMARTS) is 1. The quantitative estimate of drug-likeness (QED) is 0.832. The highest BCUT2D eigenvalue weighted by atomic mass is 16.4. The maximum atomic E-state index is 11.0. The third-order valence-corrected chi connectivity index (χ3v) is 2.49. The van der Waals surface area contributed by atoms with Crippen molar-refractivity contribution in [3.63, 3.8) is 0 Å². The van der Waals surface area contributed by atoms with E-state index in [2.05, 4.69) is 4.98 Å². The molecule has 0 saturated heterocycles. The van der Waals surface area contributed by atoms with Crippen LogP contribution in [0.3, 0.4) is 0 Å². The van der Waals surface area contributed by atoms with Crippen molar-refractivity contribution in [2.75, 3.05) is 0 Å². The van der Waals surface area contributed by atoms with Crippen LogP contribution in [0.1, 0.15) is 19.4 Å². The summed E-state index contributed by atoms with van der Waals surface area (Å²) in [6.07, 6.45) is 2.14. The Morgan fingerprint density at radius 3 is 2.93 bits per heavy atom. The first-order chi connectivity index (χ1) is 7.24. The van der Waals surface area contributed by atoms with Gasteiger partial charge in [-0.3, -0.25) is 0 Å². The van der Waals surface area contributed by atoms with Gasteiger partial charge in [0.25, 0.3) is 0 Å². The third kappa shape index (κ3) is 1.58. The van der Waals surface area contributed by atoms with Crippen LogP contribution in [0.2, 0.25) is 0 Å². The molecule has 4 heteroatoms. The lowest BCUT2D eigenvalue weighted by Gasteiger charge is -2.12. The minimum absolute atomic E-state index is 0.530. The van der Waals surface area contributed by atoms with E-state index in [4.69, 9.17) is 5.11 Å². The first-order valence-electron chi connectivity index (χ1n) is 4.88. The molecule has 1 atom stereocenters. The van der Waals surface area contributed by atoms with Crippen molar-refractivity contribution in [1.29, 1.82) is 0 Å². The zero-order valence-electron chi connectivity index (χ0n) is 8.42. The van der Waals surface area contributed by atoms with E-state index in [1.54, 1.807) is 10.9 Å². The first kappa shape index (κ1) is 9.71. The standard InChI is InChI=1S/C11H12N2O2/c1-2-9(11(14)15)13-7-12-8-5-3-4-6-10(8)13/h3-7,9H,2H2,1H3,(H,14,15)/t9-/m1/s1. The van der Waals surface area contributed by atoms with Crippen LogP contribution in [0, 0.1) is 0 Å². The molecule has 15 heavy (non-hydrogen) atoms. The number of carboxylic acids is 1. The number of fused-ring (bicyclic) bond motifs is 1. The van der Waals surface area contributed by atoms with Crippen LogP contribution in [0.5, 0.6) is 0 Å². The maximum Gasteiger partial charge on any atom is 0.326 e. The number of aliphatic carboxylic acids is 1. The Morgan fingerprint density at radius 2 is 2.27 bits per heavy atom. The highest BCUT2D eigenvalue weighted by Crippen LogP contribution is 2.19. The molecule has 0 spiro atoms. The van der Waals surface area contributed by atoms with E-state index in [0.29, 0.717) is 6.42 Å². The fourth-order valence-electron chi connectivity index (χ4n) is 1.72. The molecule has 0 unspecified atom stereocenters. The summed E-state index contributed by atoms with van der Waals surface area (Å²) in [6.45, 7) is 1.85. The summed E-state index contributed by atoms with van der Waals surface area (Å²) >= 11 is 0. The van der Waals surface area contributed by atoms with Gasteiger partial charge in [0, 0.05) is 0 Å². The number of hydrogen-bond donors (Lipinski definition) is 1. The predicted octanol–water partition coefficient (Wildman–Crippen LogP) is 2.07. The average Bonchev–Trinajstić information content (AvgIpc) is 2.63. The fraction of sp³-hybridized carbons (Fsp3) is 0.273. The topological polar surface area (TPSA) is 55.1 Å². The Hall–Kier alpha value is -1.84. The molecule has 2 aromatic rings. The van der Waals surface area contributed by atoms with Gasteiger partial charge < -0.3 is 9.67 Å². The van der Waals surface area contributed by atoms with Crippen LogP contribution in [-0.2, 0) is 4.79 Å². The van der Waals surface area contributed by atoms with Crippen LogP contribution in [0.4, 0.5) is 0 Å². The Balaban J connectivity index is 2.55. The Bertz CT molecular complexity index is 490. The van der Waals surface area contributed by atoms with Gasteiger partial charge in [-0.25, -0.2) is 9.78 Å². The second-order valence-electron chi connectivity index (χ2n) is 3.40. The van der Waals surface area contributed by atoms with Crippen LogP contribution in [0.15, 0.2) is 30.6 Å². The SMILES string of the molecule is CC[C@H](C(=O)O)n1cnc2ccccc21. The molecular formula is C11H12N2O2. The second-order valence-corrected chi connectivity index (χ2v) is 3.40. The van der Waals surface area contributed by atoms with Crippen LogP contribution in [-0.4, -0.2) is 20.6 Å². The highest BCUT2D eigenvalue weighted by Gasteiger charge is 2.18. The molecular weight excluding hydrogens is 192 g/mol. The molecule has 1 heterocycles. The zero-order valence-corrected chi connectivity index (χ0v) is 8.42. The molecule has 0 bridgehead atoms. The molecule has 1 aromatic carbocycles. The van der Waals surface area contributed by atoms with Crippen molar-refractivity contribution in [2.24, 2.45) is 0 Å². The molecule has 0 radical (unpaired) electrons. The number of rotatable bonds is 3. The summed E-state index contributed by atoms with van der Waals surface area (Å²) in [5, 5.41) is 9.06. The Kier molecular flexibility index (Phi) is 2.41. The van der Waals surface area contributed by atoms with E-state index in [1.165, 1.54) is 0 Å². The van der Waals surface area contributed by atoms with E-state index >= 15 is 0 Å². The molecule has 4 nitrogen and oxygen atoms in total. The van der Waals surface area contributed by atoms with Crippen LogP contribution >= 0.6 is 0 Å². The summed E-state index contributed by atoms with van der Waals surface area (Å²) in [5.41, 5.74) is 1.70. The number of imidazole rings is 1. The lowest BCUT2D eigenvalue weighted by Crippen LogP contribution is -2.17. The average molecular weight is 204 g/mol. The van der Waals surface area contributed by atoms with Gasteiger partial charge in [0.1, 0.15) is 6.04 Å². The van der Waals surface area contributed by atoms with Gasteiger partial charge in [-0.15, -0.1) is 0 Å². The van der Waals surface area contributed by atoms with Gasteiger partial charge in [-0.05, 0) is 18.6 Å². The van der Waals surface area contributed by atoms with E-state index in [0.717, 1.165) is 11.0 Å². The number of nitrogens with zero attached hydrogens (tertiary/aromatic N) is 2. The molecule has 0 aliphatic carbocycles. The van der Waals surface area contributed by atoms with Crippen molar-refractivity contribution in [3.8, 4) is 0 Å². The van der Waals surface area contributed by atoms with Crippen LogP contribution in [0.25, 0.3) is 11.0 Å². The van der Waals surface area contributed by atoms with Gasteiger partial charge in [0.15, 0.2) is 0 Å².